The van der Waals surface area contributed by atoms with Crippen molar-refractivity contribution in [1.82, 2.24) is 5.32 Å². The molecule has 0 aliphatic heterocycles. The van der Waals surface area contributed by atoms with Crippen LogP contribution in [-0.2, 0) is 0 Å². The zero-order chi connectivity index (χ0) is 13.0. The van der Waals surface area contributed by atoms with Crippen molar-refractivity contribution >= 4 is 0 Å². The number of nitrogens with one attached hydrogen (secondary N) is 1. The standard InChI is InChI=1S/C14H22F3N/c15-14(16,17)12-6-3-7-13(10-12)18-9-8-11-4-1-2-5-11/h4,12-13,18H,1-3,5-10H2. The van der Waals surface area contributed by atoms with E-state index in [2.05, 4.69) is 11.4 Å². The van der Waals surface area contributed by atoms with Crippen LogP contribution in [0.4, 0.5) is 13.2 Å². The van der Waals surface area contributed by atoms with Crippen LogP contribution in [0.15, 0.2) is 11.6 Å². The summed E-state index contributed by atoms with van der Waals surface area (Å²) < 4.78 is 37.9. The molecule has 0 heterocycles. The SMILES string of the molecule is FC(F)(F)C1CCCC(NCCC2=CCCC2)C1. The van der Waals surface area contributed by atoms with Gasteiger partial charge in [-0.15, -0.1) is 0 Å². The van der Waals surface area contributed by atoms with Gasteiger partial charge in [0, 0.05) is 6.04 Å². The monoisotopic (exact) mass is 261 g/mol. The molecule has 2 aliphatic rings. The van der Waals surface area contributed by atoms with E-state index < -0.39 is 12.1 Å². The topological polar surface area (TPSA) is 12.0 Å². The second kappa shape index (κ2) is 6.09. The number of halogens is 3. The zero-order valence-corrected chi connectivity index (χ0v) is 10.7. The fourth-order valence-corrected chi connectivity index (χ4v) is 3.07. The highest BCUT2D eigenvalue weighted by Gasteiger charge is 2.41. The molecule has 1 nitrogen and oxygen atoms in total. The maximum absolute atomic E-state index is 12.6. The van der Waals surface area contributed by atoms with Gasteiger partial charge >= 0.3 is 6.18 Å². The van der Waals surface area contributed by atoms with Gasteiger partial charge in [0.15, 0.2) is 0 Å². The Morgan fingerprint density at radius 2 is 2.06 bits per heavy atom. The van der Waals surface area contributed by atoms with Crippen molar-refractivity contribution in [3.8, 4) is 0 Å². The molecule has 1 fully saturated rings. The van der Waals surface area contributed by atoms with E-state index >= 15 is 0 Å². The summed E-state index contributed by atoms with van der Waals surface area (Å²) in [6.45, 7) is 0.834. The van der Waals surface area contributed by atoms with Crippen LogP contribution in [0.2, 0.25) is 0 Å². The Balaban J connectivity index is 1.69. The molecule has 0 spiro atoms. The van der Waals surface area contributed by atoms with Crippen molar-refractivity contribution in [2.24, 2.45) is 5.92 Å². The lowest BCUT2D eigenvalue weighted by Gasteiger charge is -2.31. The maximum Gasteiger partial charge on any atom is 0.391 e. The number of rotatable bonds is 4. The van der Waals surface area contributed by atoms with Crippen LogP contribution in [-0.4, -0.2) is 18.8 Å². The summed E-state index contributed by atoms with van der Waals surface area (Å²) in [5.74, 6) is -1.09. The van der Waals surface area contributed by atoms with Crippen LogP contribution >= 0.6 is 0 Å². The van der Waals surface area contributed by atoms with Gasteiger partial charge in [0.25, 0.3) is 0 Å². The van der Waals surface area contributed by atoms with Gasteiger partial charge in [0.2, 0.25) is 0 Å². The molecule has 0 amide bonds. The fourth-order valence-electron chi connectivity index (χ4n) is 3.07. The molecular weight excluding hydrogens is 239 g/mol. The molecule has 18 heavy (non-hydrogen) atoms. The predicted molar refractivity (Wildman–Crippen MR) is 66.4 cm³/mol. The van der Waals surface area contributed by atoms with Crippen LogP contribution in [0.1, 0.15) is 51.4 Å². The molecular formula is C14H22F3N. The van der Waals surface area contributed by atoms with Gasteiger partial charge in [-0.2, -0.15) is 13.2 Å². The van der Waals surface area contributed by atoms with E-state index in [1.54, 1.807) is 0 Å². The molecule has 4 heteroatoms. The highest BCUT2D eigenvalue weighted by atomic mass is 19.4. The molecule has 0 aromatic heterocycles. The highest BCUT2D eigenvalue weighted by molar-refractivity contribution is 5.07. The largest absolute Gasteiger partial charge is 0.391 e. The zero-order valence-electron chi connectivity index (χ0n) is 10.7. The predicted octanol–water partition coefficient (Wildman–Crippen LogP) is 4.20. The Kier molecular flexibility index (Phi) is 4.71. The smallest absolute Gasteiger partial charge is 0.314 e. The summed E-state index contributed by atoms with van der Waals surface area (Å²) in [6.07, 6.45) is 5.05. The van der Waals surface area contributed by atoms with E-state index in [1.165, 1.54) is 24.8 Å². The van der Waals surface area contributed by atoms with E-state index in [4.69, 9.17) is 0 Å². The van der Waals surface area contributed by atoms with Crippen LogP contribution in [0.3, 0.4) is 0 Å². The average molecular weight is 261 g/mol. The summed E-state index contributed by atoms with van der Waals surface area (Å²) >= 11 is 0. The van der Waals surface area contributed by atoms with Gasteiger partial charge in [0.05, 0.1) is 5.92 Å². The van der Waals surface area contributed by atoms with Gasteiger partial charge in [0.1, 0.15) is 0 Å². The minimum absolute atomic E-state index is 0.0624. The molecule has 1 N–H and O–H groups in total. The highest BCUT2D eigenvalue weighted by Crippen LogP contribution is 2.37. The normalized spacial score (nSPS) is 29.4. The molecule has 0 saturated heterocycles. The number of hydrogen-bond donors (Lipinski definition) is 1. The van der Waals surface area contributed by atoms with Crippen molar-refractivity contribution in [2.45, 2.75) is 63.6 Å². The fraction of sp³-hybridized carbons (Fsp3) is 0.857. The Labute approximate surface area is 107 Å². The molecule has 104 valence electrons. The first-order valence-corrected chi connectivity index (χ1v) is 7.03. The van der Waals surface area contributed by atoms with Gasteiger partial charge in [-0.1, -0.05) is 18.1 Å². The van der Waals surface area contributed by atoms with Crippen molar-refractivity contribution in [3.63, 3.8) is 0 Å². The van der Waals surface area contributed by atoms with Gasteiger partial charge in [-0.05, 0) is 51.5 Å². The van der Waals surface area contributed by atoms with E-state index in [9.17, 15) is 13.2 Å². The third kappa shape index (κ3) is 4.01. The van der Waals surface area contributed by atoms with E-state index in [1.807, 2.05) is 0 Å². The molecule has 2 atom stereocenters. The lowest BCUT2D eigenvalue weighted by atomic mass is 9.85. The maximum atomic E-state index is 12.6. The van der Waals surface area contributed by atoms with Crippen LogP contribution in [0.25, 0.3) is 0 Å². The van der Waals surface area contributed by atoms with Crippen molar-refractivity contribution in [2.75, 3.05) is 6.54 Å². The molecule has 2 unspecified atom stereocenters. The Bertz CT molecular complexity index is 296. The molecule has 0 aromatic carbocycles. The second-order valence-electron chi connectivity index (χ2n) is 5.56. The second-order valence-corrected chi connectivity index (χ2v) is 5.56. The lowest BCUT2D eigenvalue weighted by Crippen LogP contribution is -2.39. The Hall–Kier alpha value is -0.510. The van der Waals surface area contributed by atoms with Crippen LogP contribution < -0.4 is 5.32 Å². The minimum atomic E-state index is -4.01. The molecule has 2 aliphatic carbocycles. The number of alkyl halides is 3. The van der Waals surface area contributed by atoms with E-state index in [0.29, 0.717) is 12.8 Å². The first-order valence-electron chi connectivity index (χ1n) is 7.03. The molecule has 0 aromatic rings. The lowest BCUT2D eigenvalue weighted by molar-refractivity contribution is -0.183. The van der Waals surface area contributed by atoms with Crippen molar-refractivity contribution in [3.05, 3.63) is 11.6 Å². The number of hydrogen-bond acceptors (Lipinski definition) is 1. The van der Waals surface area contributed by atoms with Gasteiger partial charge in [-0.25, -0.2) is 0 Å². The van der Waals surface area contributed by atoms with Crippen molar-refractivity contribution < 1.29 is 13.2 Å². The average Bonchev–Trinajstić information content (AvgIpc) is 2.81. The minimum Gasteiger partial charge on any atom is -0.314 e. The molecule has 2 rings (SSSR count). The third-order valence-electron chi connectivity index (χ3n) is 4.15. The summed E-state index contributed by atoms with van der Waals surface area (Å²) in [5, 5.41) is 3.31. The van der Waals surface area contributed by atoms with Crippen molar-refractivity contribution in [1.29, 1.82) is 0 Å². The first-order chi connectivity index (χ1) is 8.55. The summed E-state index contributed by atoms with van der Waals surface area (Å²) in [6, 6.07) is 0.0624. The first kappa shape index (κ1) is 13.9. The van der Waals surface area contributed by atoms with Crippen LogP contribution in [0, 0.1) is 5.92 Å². The van der Waals surface area contributed by atoms with Gasteiger partial charge < -0.3 is 5.32 Å². The summed E-state index contributed by atoms with van der Waals surface area (Å²) in [4.78, 5) is 0. The third-order valence-corrected chi connectivity index (χ3v) is 4.15. The Morgan fingerprint density at radius 1 is 1.22 bits per heavy atom. The van der Waals surface area contributed by atoms with E-state index in [-0.39, 0.29) is 12.5 Å². The summed E-state index contributed by atoms with van der Waals surface area (Å²) in [7, 11) is 0. The quantitative estimate of drug-likeness (QED) is 0.748. The molecule has 1 saturated carbocycles. The molecule has 0 bridgehead atoms. The Morgan fingerprint density at radius 3 is 2.72 bits per heavy atom. The number of allylic oxidation sites excluding steroid dienone is 1. The van der Waals surface area contributed by atoms with Gasteiger partial charge in [-0.3, -0.25) is 0 Å². The molecule has 0 radical (unpaired) electrons. The summed E-state index contributed by atoms with van der Waals surface area (Å²) in [5.41, 5.74) is 1.48. The van der Waals surface area contributed by atoms with E-state index in [0.717, 1.165) is 19.4 Å². The van der Waals surface area contributed by atoms with Crippen LogP contribution in [0.5, 0.6) is 0 Å².